The SMILES string of the molecule is CCCCCCCCCCC[N+](C)(C)CCCCC.O=P([O-])(O)O. The first-order valence-electron chi connectivity index (χ1n) is 9.71. The van der Waals surface area contributed by atoms with Gasteiger partial charge in [-0.05, 0) is 25.7 Å². The Hall–Kier alpha value is 0.0700. The van der Waals surface area contributed by atoms with E-state index >= 15 is 0 Å². The zero-order valence-corrected chi connectivity index (χ0v) is 17.4. The molecular formula is C18H42NO4P. The summed E-state index contributed by atoms with van der Waals surface area (Å²) < 4.78 is 10.0. The Morgan fingerprint density at radius 3 is 1.33 bits per heavy atom. The fourth-order valence-electron chi connectivity index (χ4n) is 2.75. The van der Waals surface area contributed by atoms with E-state index in [1.54, 1.807) is 0 Å². The van der Waals surface area contributed by atoms with E-state index in [9.17, 15) is 0 Å². The Morgan fingerprint density at radius 1 is 0.708 bits per heavy atom. The molecular weight excluding hydrogens is 325 g/mol. The molecule has 0 bridgehead atoms. The van der Waals surface area contributed by atoms with Gasteiger partial charge in [-0.2, -0.15) is 0 Å². The third-order valence-electron chi connectivity index (χ3n) is 4.23. The van der Waals surface area contributed by atoms with Crippen LogP contribution in [0.15, 0.2) is 0 Å². The molecule has 0 aliphatic rings. The monoisotopic (exact) mass is 367 g/mol. The molecule has 0 spiro atoms. The van der Waals surface area contributed by atoms with Crippen LogP contribution in [0.3, 0.4) is 0 Å². The average molecular weight is 368 g/mol. The molecule has 0 atom stereocenters. The van der Waals surface area contributed by atoms with E-state index in [-0.39, 0.29) is 0 Å². The predicted octanol–water partition coefficient (Wildman–Crippen LogP) is 4.22. The molecule has 24 heavy (non-hydrogen) atoms. The van der Waals surface area contributed by atoms with Gasteiger partial charge in [-0.15, -0.1) is 0 Å². The highest BCUT2D eigenvalue weighted by Crippen LogP contribution is 2.19. The molecule has 0 aromatic heterocycles. The number of nitrogens with zero attached hydrogens (tertiary/aromatic N) is 1. The van der Waals surface area contributed by atoms with Gasteiger partial charge in [0.15, 0.2) is 0 Å². The van der Waals surface area contributed by atoms with Crippen LogP contribution in [-0.4, -0.2) is 41.5 Å². The molecule has 0 heterocycles. The van der Waals surface area contributed by atoms with Crippen molar-refractivity contribution in [2.24, 2.45) is 0 Å². The van der Waals surface area contributed by atoms with Crippen molar-refractivity contribution < 1.29 is 23.7 Å². The summed E-state index contributed by atoms with van der Waals surface area (Å²) in [7, 11) is -0.0825. The number of rotatable bonds is 14. The highest BCUT2D eigenvalue weighted by molar-refractivity contribution is 7.43. The van der Waals surface area contributed by atoms with E-state index < -0.39 is 7.82 Å². The van der Waals surface area contributed by atoms with Crippen molar-refractivity contribution >= 4 is 7.82 Å². The summed E-state index contributed by atoms with van der Waals surface area (Å²) in [5.74, 6) is 0. The molecule has 0 radical (unpaired) electrons. The minimum Gasteiger partial charge on any atom is -0.756 e. The van der Waals surface area contributed by atoms with Crippen LogP contribution in [0.25, 0.3) is 0 Å². The lowest BCUT2D eigenvalue weighted by atomic mass is 10.1. The van der Waals surface area contributed by atoms with Crippen LogP contribution in [0.5, 0.6) is 0 Å². The van der Waals surface area contributed by atoms with Crippen LogP contribution < -0.4 is 4.89 Å². The molecule has 6 heteroatoms. The number of unbranched alkanes of at least 4 members (excludes halogenated alkanes) is 10. The van der Waals surface area contributed by atoms with Crippen molar-refractivity contribution in [1.82, 2.24) is 0 Å². The fraction of sp³-hybridized carbons (Fsp3) is 1.00. The van der Waals surface area contributed by atoms with Crippen LogP contribution in [0, 0.1) is 0 Å². The molecule has 0 saturated heterocycles. The van der Waals surface area contributed by atoms with Gasteiger partial charge in [0.1, 0.15) is 0 Å². The molecule has 0 unspecified atom stereocenters. The van der Waals surface area contributed by atoms with E-state index in [0.29, 0.717) is 0 Å². The Morgan fingerprint density at radius 2 is 0.958 bits per heavy atom. The van der Waals surface area contributed by atoms with E-state index in [2.05, 4.69) is 27.9 Å². The van der Waals surface area contributed by atoms with Crippen molar-refractivity contribution in [1.29, 1.82) is 0 Å². The molecule has 0 aromatic carbocycles. The summed E-state index contributed by atoms with van der Waals surface area (Å²) in [5.41, 5.74) is 0. The van der Waals surface area contributed by atoms with Gasteiger partial charge in [-0.25, -0.2) is 0 Å². The lowest BCUT2D eigenvalue weighted by Crippen LogP contribution is -2.41. The lowest BCUT2D eigenvalue weighted by Gasteiger charge is -2.29. The molecule has 0 aliphatic carbocycles. The molecule has 2 N–H and O–H groups in total. The summed E-state index contributed by atoms with van der Waals surface area (Å²) in [6.45, 7) is 7.32. The second-order valence-electron chi connectivity index (χ2n) is 7.41. The van der Waals surface area contributed by atoms with Gasteiger partial charge < -0.3 is 19.2 Å². The van der Waals surface area contributed by atoms with Crippen molar-refractivity contribution in [3.63, 3.8) is 0 Å². The van der Waals surface area contributed by atoms with Crippen LogP contribution in [0.4, 0.5) is 0 Å². The number of phosphoric acid groups is 1. The minimum absolute atomic E-state index is 1.23. The van der Waals surface area contributed by atoms with Gasteiger partial charge in [-0.3, -0.25) is 4.57 Å². The Balaban J connectivity index is 0. The van der Waals surface area contributed by atoms with E-state index in [1.807, 2.05) is 0 Å². The summed E-state index contributed by atoms with van der Waals surface area (Å²) in [6.07, 6.45) is 17.1. The first-order chi connectivity index (χ1) is 11.1. The maximum Gasteiger partial charge on any atom is 0.262 e. The molecule has 0 rings (SSSR count). The Kier molecular flexibility index (Phi) is 18.1. The highest BCUT2D eigenvalue weighted by atomic mass is 31.2. The highest BCUT2D eigenvalue weighted by Gasteiger charge is 2.13. The molecule has 0 amide bonds. The smallest absolute Gasteiger partial charge is 0.262 e. The Bertz CT molecular complexity index is 297. The summed E-state index contributed by atoms with van der Waals surface area (Å²) in [5, 5.41) is 0. The van der Waals surface area contributed by atoms with E-state index in [4.69, 9.17) is 19.2 Å². The first-order valence-corrected chi connectivity index (χ1v) is 11.2. The molecule has 0 saturated carbocycles. The molecule has 5 nitrogen and oxygen atoms in total. The number of hydrogen-bond acceptors (Lipinski definition) is 2. The molecule has 0 fully saturated rings. The zero-order valence-electron chi connectivity index (χ0n) is 16.5. The lowest BCUT2D eigenvalue weighted by molar-refractivity contribution is -0.890. The first kappa shape index (κ1) is 26.3. The fourth-order valence-corrected chi connectivity index (χ4v) is 2.75. The van der Waals surface area contributed by atoms with Crippen LogP contribution >= 0.6 is 7.82 Å². The van der Waals surface area contributed by atoms with Gasteiger partial charge in [0.2, 0.25) is 0 Å². The second kappa shape index (κ2) is 16.5. The zero-order chi connectivity index (χ0) is 18.9. The second-order valence-corrected chi connectivity index (χ2v) is 8.39. The van der Waals surface area contributed by atoms with Gasteiger partial charge in [0.25, 0.3) is 7.82 Å². The number of hydrogen-bond donors (Lipinski definition) is 2. The number of quaternary nitrogens is 1. The predicted molar refractivity (Wildman–Crippen MR) is 101 cm³/mol. The third kappa shape index (κ3) is 30.0. The summed E-state index contributed by atoms with van der Waals surface area (Å²) in [4.78, 5) is 22.9. The standard InChI is InChI=1S/C18H40N.H3O4P/c1-5-7-9-10-11-12-13-14-16-18-19(3,4)17-15-8-6-2;1-5(2,3)4/h5-18H2,1-4H3;(H3,1,2,3,4)/q+1;/p-1. The summed E-state index contributed by atoms with van der Waals surface area (Å²) >= 11 is 0. The Labute approximate surface area is 150 Å². The molecule has 0 aliphatic heterocycles. The van der Waals surface area contributed by atoms with Crippen LogP contribution in [0.1, 0.15) is 90.9 Å². The van der Waals surface area contributed by atoms with Crippen molar-refractivity contribution in [3.8, 4) is 0 Å². The van der Waals surface area contributed by atoms with Crippen LogP contribution in [0.2, 0.25) is 0 Å². The van der Waals surface area contributed by atoms with Crippen molar-refractivity contribution in [2.75, 3.05) is 27.2 Å². The largest absolute Gasteiger partial charge is 0.756 e. The molecule has 148 valence electrons. The van der Waals surface area contributed by atoms with Gasteiger partial charge in [-0.1, -0.05) is 65.2 Å². The van der Waals surface area contributed by atoms with Gasteiger partial charge in [0.05, 0.1) is 27.2 Å². The van der Waals surface area contributed by atoms with E-state index in [1.165, 1.54) is 94.6 Å². The van der Waals surface area contributed by atoms with Gasteiger partial charge >= 0.3 is 0 Å². The third-order valence-corrected chi connectivity index (χ3v) is 4.23. The molecule has 0 aromatic rings. The average Bonchev–Trinajstić information content (AvgIpc) is 2.44. The summed E-state index contributed by atoms with van der Waals surface area (Å²) in [6, 6.07) is 0. The quantitative estimate of drug-likeness (QED) is 0.274. The maximum atomic E-state index is 8.77. The maximum absolute atomic E-state index is 8.77. The normalized spacial score (nSPS) is 12.0. The van der Waals surface area contributed by atoms with Crippen molar-refractivity contribution in [2.45, 2.75) is 90.9 Å². The van der Waals surface area contributed by atoms with Gasteiger partial charge in [0, 0.05) is 0 Å². The topological polar surface area (TPSA) is 80.6 Å². The van der Waals surface area contributed by atoms with Crippen LogP contribution in [-0.2, 0) is 4.57 Å². The van der Waals surface area contributed by atoms with E-state index in [0.717, 1.165) is 0 Å². The minimum atomic E-state index is -4.89. The van der Waals surface area contributed by atoms with Crippen molar-refractivity contribution in [3.05, 3.63) is 0 Å².